The summed E-state index contributed by atoms with van der Waals surface area (Å²) >= 11 is 0. The monoisotopic (exact) mass is 750 g/mol. The smallest absolute Gasteiger partial charge is 0.429 e. The Labute approximate surface area is 311 Å². The van der Waals surface area contributed by atoms with Gasteiger partial charge in [-0.25, -0.2) is 14.3 Å². The molecule has 0 radical (unpaired) electrons. The van der Waals surface area contributed by atoms with Crippen molar-refractivity contribution in [2.45, 2.75) is 64.6 Å². The number of likely N-dealkylation sites (tertiary alicyclic amines) is 1. The quantitative estimate of drug-likeness (QED) is 0.185. The summed E-state index contributed by atoms with van der Waals surface area (Å²) in [4.78, 5) is 40.0. The van der Waals surface area contributed by atoms with Crippen molar-refractivity contribution in [1.82, 2.24) is 29.5 Å². The van der Waals surface area contributed by atoms with Gasteiger partial charge in [-0.05, 0) is 75.9 Å². The first-order valence-corrected chi connectivity index (χ1v) is 17.8. The van der Waals surface area contributed by atoms with Crippen LogP contribution in [0.4, 0.5) is 29.7 Å². The first-order valence-electron chi connectivity index (χ1n) is 17.8. The lowest BCUT2D eigenvalue weighted by molar-refractivity contribution is -0.198. The van der Waals surface area contributed by atoms with Crippen LogP contribution in [-0.2, 0) is 27.4 Å². The van der Waals surface area contributed by atoms with Gasteiger partial charge in [-0.15, -0.1) is 0 Å². The van der Waals surface area contributed by atoms with Gasteiger partial charge in [-0.1, -0.05) is 42.5 Å². The maximum absolute atomic E-state index is 14.9. The van der Waals surface area contributed by atoms with E-state index in [0.717, 1.165) is 11.1 Å². The Morgan fingerprint density at radius 1 is 1.02 bits per heavy atom. The maximum atomic E-state index is 14.9. The summed E-state index contributed by atoms with van der Waals surface area (Å²) in [6, 6.07) is 16.2. The van der Waals surface area contributed by atoms with Crippen molar-refractivity contribution < 1.29 is 37.0 Å². The molecule has 6 rings (SSSR count). The summed E-state index contributed by atoms with van der Waals surface area (Å²) in [5, 5.41) is 4.39. The molecule has 2 aromatic heterocycles. The van der Waals surface area contributed by atoms with E-state index in [4.69, 9.17) is 19.9 Å². The van der Waals surface area contributed by atoms with Crippen molar-refractivity contribution in [3.63, 3.8) is 0 Å². The fourth-order valence-corrected chi connectivity index (χ4v) is 7.17. The second-order valence-corrected chi connectivity index (χ2v) is 14.1. The van der Waals surface area contributed by atoms with E-state index in [9.17, 15) is 22.8 Å². The zero-order valence-corrected chi connectivity index (χ0v) is 30.8. The number of carbonyl (C=O) groups excluding carboxylic acids is 2. The van der Waals surface area contributed by atoms with Crippen LogP contribution in [-0.4, -0.2) is 94.2 Å². The summed E-state index contributed by atoms with van der Waals surface area (Å²) in [6.07, 6.45) is -4.72. The first-order chi connectivity index (χ1) is 25.7. The molecule has 2 atom stereocenters. The molecule has 4 aromatic rings. The number of hydrogen-bond donors (Lipinski definition) is 1. The third-order valence-electron chi connectivity index (χ3n) is 9.74. The van der Waals surface area contributed by atoms with Crippen molar-refractivity contribution in [3.05, 3.63) is 89.2 Å². The second kappa shape index (κ2) is 15.9. The summed E-state index contributed by atoms with van der Waals surface area (Å²) in [6.45, 7) is 5.35. The van der Waals surface area contributed by atoms with Gasteiger partial charge < -0.3 is 29.7 Å². The summed E-state index contributed by atoms with van der Waals surface area (Å²) in [7, 11) is 3.75. The number of nitrogens with zero attached hydrogens (tertiary/aromatic N) is 7. The molecule has 2 aliphatic rings. The highest BCUT2D eigenvalue weighted by atomic mass is 19.4. The van der Waals surface area contributed by atoms with Crippen molar-refractivity contribution in [3.8, 4) is 11.6 Å². The number of alkyl halides is 3. The van der Waals surface area contributed by atoms with Crippen LogP contribution in [0, 0.1) is 12.3 Å². The molecule has 4 heterocycles. The standard InChI is InChI=1S/C38H45F3N8O5/c1-5-52-34(50)30-21-37(24-48(30)36(51)53-23-26-9-7-6-8-10-26)14-17-47(18-15-37)31-20-32(44-35(42)43-31)54-33(38(39,40)41)28-12-11-27(22-46(3)4)19-29(28)49-16-13-25(2)45-49/h6-13,16,19-20,30,33H,5,14-15,17-18,21-24H2,1-4H3,(H2,42,43,44)/t30?,33-/m1/s1. The van der Waals surface area contributed by atoms with Crippen LogP contribution in [0.25, 0.3) is 5.69 Å². The Hall–Kier alpha value is -5.38. The summed E-state index contributed by atoms with van der Waals surface area (Å²) < 4.78 is 62.6. The predicted molar refractivity (Wildman–Crippen MR) is 194 cm³/mol. The number of benzene rings is 2. The van der Waals surface area contributed by atoms with Gasteiger partial charge in [0.2, 0.25) is 17.9 Å². The predicted octanol–water partition coefficient (Wildman–Crippen LogP) is 5.86. The maximum Gasteiger partial charge on any atom is 0.429 e. The number of hydrogen-bond acceptors (Lipinski definition) is 11. The van der Waals surface area contributed by atoms with Crippen molar-refractivity contribution in [2.75, 3.05) is 51.0 Å². The minimum absolute atomic E-state index is 0.0627. The van der Waals surface area contributed by atoms with Crippen molar-refractivity contribution >= 4 is 23.8 Å². The van der Waals surface area contributed by atoms with E-state index in [0.29, 0.717) is 50.4 Å². The van der Waals surface area contributed by atoms with Gasteiger partial charge in [0.25, 0.3) is 0 Å². The molecule has 2 aromatic carbocycles. The lowest BCUT2D eigenvalue weighted by Gasteiger charge is -2.39. The number of anilines is 2. The number of amides is 1. The molecule has 54 heavy (non-hydrogen) atoms. The van der Waals surface area contributed by atoms with Gasteiger partial charge in [0.15, 0.2) is 0 Å². The zero-order valence-electron chi connectivity index (χ0n) is 30.8. The van der Waals surface area contributed by atoms with E-state index in [-0.39, 0.29) is 42.8 Å². The third-order valence-corrected chi connectivity index (χ3v) is 9.74. The Morgan fingerprint density at radius 2 is 1.76 bits per heavy atom. The minimum Gasteiger partial charge on any atom is -0.464 e. The van der Waals surface area contributed by atoms with Crippen LogP contribution in [0.3, 0.4) is 0 Å². The van der Waals surface area contributed by atoms with Gasteiger partial charge in [0.1, 0.15) is 18.5 Å². The topological polar surface area (TPSA) is 141 Å². The van der Waals surface area contributed by atoms with Crippen molar-refractivity contribution in [2.24, 2.45) is 5.41 Å². The molecule has 288 valence electrons. The highest BCUT2D eigenvalue weighted by Crippen LogP contribution is 2.45. The van der Waals surface area contributed by atoms with Gasteiger partial charge in [-0.3, -0.25) is 4.90 Å². The number of esters is 1. The SMILES string of the molecule is CCOC(=O)C1CC2(CCN(c3cc(O[C@H](c4ccc(CN(C)C)cc4-n4ccc(C)n4)C(F)(F)F)nc(N)n3)CC2)CN1C(=O)OCc1ccccc1. The van der Waals surface area contributed by atoms with Crippen LogP contribution in [0.15, 0.2) is 66.9 Å². The van der Waals surface area contributed by atoms with Crippen molar-refractivity contribution in [1.29, 1.82) is 0 Å². The van der Waals surface area contributed by atoms with Gasteiger partial charge >= 0.3 is 18.2 Å². The Balaban J connectivity index is 1.20. The number of aryl methyl sites for hydroxylation is 1. The number of halogens is 3. The largest absolute Gasteiger partial charge is 0.464 e. The van der Waals surface area contributed by atoms with E-state index in [1.54, 1.807) is 38.2 Å². The molecule has 2 fully saturated rings. The highest BCUT2D eigenvalue weighted by Gasteiger charge is 2.51. The lowest BCUT2D eigenvalue weighted by Crippen LogP contribution is -2.43. The second-order valence-electron chi connectivity index (χ2n) is 14.1. The molecular weight excluding hydrogens is 705 g/mol. The normalized spacial score (nSPS) is 17.5. The molecule has 0 aliphatic carbocycles. The molecule has 1 amide bonds. The number of nitrogen functional groups attached to an aromatic ring is 1. The van der Waals surface area contributed by atoms with Gasteiger partial charge in [0, 0.05) is 44.0 Å². The average molecular weight is 751 g/mol. The van der Waals surface area contributed by atoms with E-state index >= 15 is 0 Å². The Kier molecular flexibility index (Phi) is 11.3. The van der Waals surface area contributed by atoms with Crippen LogP contribution < -0.4 is 15.4 Å². The third kappa shape index (κ3) is 8.86. The van der Waals surface area contributed by atoms with Gasteiger partial charge in [-0.2, -0.15) is 28.2 Å². The molecule has 2 N–H and O–H groups in total. The minimum atomic E-state index is -4.83. The van der Waals surface area contributed by atoms with E-state index in [1.807, 2.05) is 54.2 Å². The van der Waals surface area contributed by atoms with Crippen LogP contribution in [0.1, 0.15) is 54.7 Å². The molecule has 2 aliphatic heterocycles. The molecule has 1 spiro atoms. The average Bonchev–Trinajstić information content (AvgIpc) is 3.73. The van der Waals surface area contributed by atoms with Crippen LogP contribution >= 0.6 is 0 Å². The molecule has 0 bridgehead atoms. The number of piperidine rings is 1. The zero-order chi connectivity index (χ0) is 38.6. The number of carbonyl (C=O) groups is 2. The highest BCUT2D eigenvalue weighted by molar-refractivity contribution is 5.82. The molecule has 13 nitrogen and oxygen atoms in total. The molecular formula is C38H45F3N8O5. The molecule has 1 unspecified atom stereocenters. The fraction of sp³-hybridized carbons (Fsp3) is 0.447. The Morgan fingerprint density at radius 3 is 2.41 bits per heavy atom. The van der Waals surface area contributed by atoms with E-state index < -0.39 is 35.8 Å². The summed E-state index contributed by atoms with van der Waals surface area (Å²) in [5.41, 5.74) is 7.99. The number of ether oxygens (including phenoxy) is 3. The summed E-state index contributed by atoms with van der Waals surface area (Å²) in [5.74, 6) is -0.771. The molecule has 0 saturated carbocycles. The molecule has 2 saturated heterocycles. The molecule has 16 heteroatoms. The van der Waals surface area contributed by atoms with E-state index in [2.05, 4.69) is 15.1 Å². The number of aromatic nitrogens is 4. The van der Waals surface area contributed by atoms with Crippen LogP contribution in [0.2, 0.25) is 0 Å². The van der Waals surface area contributed by atoms with Gasteiger partial charge in [0.05, 0.1) is 18.0 Å². The van der Waals surface area contributed by atoms with E-state index in [1.165, 1.54) is 21.7 Å². The Bertz CT molecular complexity index is 1930. The lowest BCUT2D eigenvalue weighted by atomic mass is 9.76. The van der Waals surface area contributed by atoms with Crippen LogP contribution in [0.5, 0.6) is 5.88 Å². The fourth-order valence-electron chi connectivity index (χ4n) is 7.17. The first kappa shape index (κ1) is 38.3. The number of rotatable bonds is 11. The number of nitrogens with two attached hydrogens (primary N) is 1.